The van der Waals surface area contributed by atoms with Crippen LogP contribution in [0.25, 0.3) is 0 Å². The molecule has 8 heteroatoms. The molecule has 1 aliphatic rings. The van der Waals surface area contributed by atoms with Crippen LogP contribution in [0.5, 0.6) is 0 Å². The molecule has 0 amide bonds. The monoisotopic (exact) mass is 295 g/mol. The molecule has 1 aromatic heterocycles. The summed E-state index contributed by atoms with van der Waals surface area (Å²) in [5.41, 5.74) is 0. The van der Waals surface area contributed by atoms with Gasteiger partial charge in [0.2, 0.25) is 0 Å². The summed E-state index contributed by atoms with van der Waals surface area (Å²) in [5.74, 6) is -0.00390. The van der Waals surface area contributed by atoms with Crippen molar-refractivity contribution in [2.75, 3.05) is 18.6 Å². The van der Waals surface area contributed by atoms with Gasteiger partial charge < -0.3 is 0 Å². The van der Waals surface area contributed by atoms with Gasteiger partial charge in [0.1, 0.15) is 4.21 Å². The van der Waals surface area contributed by atoms with E-state index in [1.54, 1.807) is 11.4 Å². The summed E-state index contributed by atoms with van der Waals surface area (Å²) < 4.78 is 48.4. The quantitative estimate of drug-likeness (QED) is 0.816. The summed E-state index contributed by atoms with van der Waals surface area (Å²) in [6, 6.07) is 2.75. The van der Waals surface area contributed by atoms with E-state index in [2.05, 4.69) is 0 Å². The van der Waals surface area contributed by atoms with Gasteiger partial charge in [-0.3, -0.25) is 0 Å². The van der Waals surface area contributed by atoms with E-state index in [1.165, 1.54) is 17.4 Å². The molecule has 1 aliphatic heterocycles. The molecule has 0 saturated carbocycles. The number of hydrogen-bond donors (Lipinski definition) is 0. The Morgan fingerprint density at radius 3 is 2.65 bits per heavy atom. The summed E-state index contributed by atoms with van der Waals surface area (Å²) in [6.45, 7) is 0. The van der Waals surface area contributed by atoms with Gasteiger partial charge in [-0.1, -0.05) is 6.07 Å². The molecule has 2 rings (SSSR count). The first-order valence-electron chi connectivity index (χ1n) is 5.05. The van der Waals surface area contributed by atoms with Gasteiger partial charge in [0.15, 0.2) is 9.84 Å². The van der Waals surface area contributed by atoms with Gasteiger partial charge in [0.25, 0.3) is 10.0 Å². The Morgan fingerprint density at radius 2 is 2.18 bits per heavy atom. The van der Waals surface area contributed by atoms with Gasteiger partial charge in [-0.25, -0.2) is 16.8 Å². The largest absolute Gasteiger partial charge is 0.252 e. The fourth-order valence-corrected chi connectivity index (χ4v) is 6.24. The maximum atomic E-state index is 12.1. The van der Waals surface area contributed by atoms with Crippen LogP contribution in [0, 0.1) is 0 Å². The SMILES string of the molecule is CN([C@H]1CCS(=O)(=O)C1)S(=O)(=O)c1cccs1. The molecule has 0 aromatic carbocycles. The highest BCUT2D eigenvalue weighted by molar-refractivity contribution is 7.92. The highest BCUT2D eigenvalue weighted by Gasteiger charge is 2.36. The standard InChI is InChI=1S/C9H13NO4S3/c1-10(8-4-6-16(11,12)7-8)17(13,14)9-3-2-5-15-9/h2-3,5,8H,4,6-7H2,1H3/t8-/m0/s1. The Morgan fingerprint density at radius 1 is 1.47 bits per heavy atom. The van der Waals surface area contributed by atoms with Gasteiger partial charge in [-0.15, -0.1) is 11.3 Å². The molecule has 5 nitrogen and oxygen atoms in total. The van der Waals surface area contributed by atoms with Crippen LogP contribution in [0.4, 0.5) is 0 Å². The first-order valence-corrected chi connectivity index (χ1v) is 9.19. The van der Waals surface area contributed by atoms with E-state index in [0.717, 1.165) is 11.3 Å². The molecule has 0 aliphatic carbocycles. The Hall–Kier alpha value is -0.440. The summed E-state index contributed by atoms with van der Waals surface area (Å²) in [6.07, 6.45) is 0.378. The second kappa shape index (κ2) is 4.34. The van der Waals surface area contributed by atoms with Gasteiger partial charge in [-0.2, -0.15) is 4.31 Å². The molecule has 0 radical (unpaired) electrons. The molecule has 0 spiro atoms. The van der Waals surface area contributed by atoms with Gasteiger partial charge in [0, 0.05) is 13.1 Å². The van der Waals surface area contributed by atoms with Crippen LogP contribution in [0.2, 0.25) is 0 Å². The van der Waals surface area contributed by atoms with Crippen LogP contribution in [0.15, 0.2) is 21.7 Å². The van der Waals surface area contributed by atoms with Crippen LogP contribution < -0.4 is 0 Å². The topological polar surface area (TPSA) is 71.5 Å². The molecule has 17 heavy (non-hydrogen) atoms. The summed E-state index contributed by atoms with van der Waals surface area (Å²) in [7, 11) is -5.17. The Bertz CT molecular complexity index is 588. The number of hydrogen-bond acceptors (Lipinski definition) is 5. The minimum absolute atomic E-state index is 0.0714. The highest BCUT2D eigenvalue weighted by Crippen LogP contribution is 2.25. The van der Waals surface area contributed by atoms with Crippen molar-refractivity contribution in [2.24, 2.45) is 0 Å². The Kier molecular flexibility index (Phi) is 3.32. The predicted octanol–water partition coefficient (Wildman–Crippen LogP) is 0.556. The van der Waals surface area contributed by atoms with Crippen LogP contribution in [-0.4, -0.2) is 45.7 Å². The third kappa shape index (κ3) is 2.54. The molecule has 96 valence electrons. The normalized spacial score (nSPS) is 24.2. The number of sulfone groups is 1. The third-order valence-electron chi connectivity index (χ3n) is 2.85. The van der Waals surface area contributed by atoms with E-state index < -0.39 is 25.9 Å². The summed E-state index contributed by atoms with van der Waals surface area (Å²) in [4.78, 5) is 0. The van der Waals surface area contributed by atoms with Gasteiger partial charge in [-0.05, 0) is 17.9 Å². The van der Waals surface area contributed by atoms with E-state index in [4.69, 9.17) is 0 Å². The maximum Gasteiger partial charge on any atom is 0.252 e. The molecule has 1 fully saturated rings. The Balaban J connectivity index is 2.25. The van der Waals surface area contributed by atoms with Crippen molar-refractivity contribution in [1.29, 1.82) is 0 Å². The van der Waals surface area contributed by atoms with Gasteiger partial charge >= 0.3 is 0 Å². The van der Waals surface area contributed by atoms with Gasteiger partial charge in [0.05, 0.1) is 11.5 Å². The van der Waals surface area contributed by atoms with E-state index in [0.29, 0.717) is 6.42 Å². The molecule has 2 heterocycles. The number of thiophene rings is 1. The number of sulfonamides is 1. The zero-order valence-electron chi connectivity index (χ0n) is 9.24. The van der Waals surface area contributed by atoms with E-state index in [1.807, 2.05) is 0 Å². The molecular weight excluding hydrogens is 282 g/mol. The van der Waals surface area contributed by atoms with Crippen LogP contribution in [0.3, 0.4) is 0 Å². The molecular formula is C9H13NO4S3. The molecule has 1 atom stereocenters. The second-order valence-corrected chi connectivity index (χ2v) is 9.41. The molecule has 0 bridgehead atoms. The number of rotatable bonds is 3. The minimum atomic E-state index is -3.54. The smallest absolute Gasteiger partial charge is 0.229 e. The summed E-state index contributed by atoms with van der Waals surface area (Å²) >= 11 is 1.14. The minimum Gasteiger partial charge on any atom is -0.229 e. The van der Waals surface area contributed by atoms with Crippen molar-refractivity contribution in [3.63, 3.8) is 0 Å². The average molecular weight is 295 g/mol. The van der Waals surface area contributed by atoms with Crippen LogP contribution >= 0.6 is 11.3 Å². The first kappa shape index (κ1) is 13.0. The highest BCUT2D eigenvalue weighted by atomic mass is 32.2. The molecule has 0 N–H and O–H groups in total. The molecule has 1 aromatic rings. The zero-order chi connectivity index (χ0) is 12.7. The fourth-order valence-electron chi connectivity index (χ4n) is 1.81. The zero-order valence-corrected chi connectivity index (χ0v) is 11.7. The Labute approximate surface area is 105 Å². The number of nitrogens with zero attached hydrogens (tertiary/aromatic N) is 1. The molecule has 1 saturated heterocycles. The van der Waals surface area contributed by atoms with E-state index in [9.17, 15) is 16.8 Å². The lowest BCUT2D eigenvalue weighted by atomic mass is 10.3. The lowest BCUT2D eigenvalue weighted by molar-refractivity contribution is 0.395. The first-order chi connectivity index (χ1) is 7.83. The predicted molar refractivity (Wildman–Crippen MR) is 66.3 cm³/mol. The van der Waals surface area contributed by atoms with E-state index >= 15 is 0 Å². The molecule has 0 unspecified atom stereocenters. The van der Waals surface area contributed by atoms with Crippen LogP contribution in [-0.2, 0) is 19.9 Å². The van der Waals surface area contributed by atoms with Crippen molar-refractivity contribution >= 4 is 31.2 Å². The summed E-state index contributed by atoms with van der Waals surface area (Å²) in [5, 5.41) is 1.69. The van der Waals surface area contributed by atoms with Crippen molar-refractivity contribution in [3.05, 3.63) is 17.5 Å². The fraction of sp³-hybridized carbons (Fsp3) is 0.556. The lowest BCUT2D eigenvalue weighted by Gasteiger charge is -2.21. The lowest BCUT2D eigenvalue weighted by Crippen LogP contribution is -2.37. The van der Waals surface area contributed by atoms with Crippen molar-refractivity contribution < 1.29 is 16.8 Å². The second-order valence-electron chi connectivity index (χ2n) is 4.01. The maximum absolute atomic E-state index is 12.1. The van der Waals surface area contributed by atoms with Crippen LogP contribution in [0.1, 0.15) is 6.42 Å². The van der Waals surface area contributed by atoms with E-state index in [-0.39, 0.29) is 15.7 Å². The average Bonchev–Trinajstić information content (AvgIpc) is 2.85. The van der Waals surface area contributed by atoms with Crippen molar-refractivity contribution in [1.82, 2.24) is 4.31 Å². The third-order valence-corrected chi connectivity index (χ3v) is 7.88. The van der Waals surface area contributed by atoms with Crippen molar-refractivity contribution in [3.8, 4) is 0 Å². The van der Waals surface area contributed by atoms with Crippen molar-refractivity contribution in [2.45, 2.75) is 16.7 Å².